The Morgan fingerprint density at radius 3 is 3.10 bits per heavy atom. The Morgan fingerprint density at radius 2 is 2.38 bits per heavy atom. The summed E-state index contributed by atoms with van der Waals surface area (Å²) < 4.78 is 2.22. The summed E-state index contributed by atoms with van der Waals surface area (Å²) in [4.78, 5) is 1.43. The molecule has 1 aliphatic rings. The summed E-state index contributed by atoms with van der Waals surface area (Å²) in [5.74, 6) is 1.80. The highest BCUT2D eigenvalue weighted by atomic mass is 32.1. The Morgan fingerprint density at radius 1 is 1.48 bits per heavy atom. The van der Waals surface area contributed by atoms with Crippen molar-refractivity contribution < 1.29 is 0 Å². The van der Waals surface area contributed by atoms with Gasteiger partial charge in [-0.3, -0.25) is 0 Å². The van der Waals surface area contributed by atoms with Crippen LogP contribution in [0.1, 0.15) is 68.5 Å². The molecule has 3 rings (SSSR count). The average molecular weight is 303 g/mol. The van der Waals surface area contributed by atoms with Crippen LogP contribution in [0, 0.1) is 0 Å². The van der Waals surface area contributed by atoms with Crippen molar-refractivity contribution >= 4 is 17.2 Å². The molecule has 0 aromatic carbocycles. The van der Waals surface area contributed by atoms with Gasteiger partial charge in [0.25, 0.3) is 0 Å². The first-order valence-corrected chi connectivity index (χ1v) is 9.08. The second-order valence-electron chi connectivity index (χ2n) is 5.89. The minimum absolute atomic E-state index is 0.415. The lowest BCUT2D eigenvalue weighted by atomic mass is 9.96. The van der Waals surface area contributed by atoms with E-state index in [1.165, 1.54) is 42.1 Å². The van der Waals surface area contributed by atoms with Crippen LogP contribution in [-0.4, -0.2) is 16.3 Å². The SMILES string of the molecule is CCCCC(CC)c1cc2n(n1)C(c1cccs1)CCN2. The number of fused-ring (bicyclic) bond motifs is 1. The van der Waals surface area contributed by atoms with Crippen LogP contribution in [0.25, 0.3) is 0 Å². The minimum atomic E-state index is 0.415. The molecule has 114 valence electrons. The molecule has 3 heterocycles. The smallest absolute Gasteiger partial charge is 0.125 e. The first kappa shape index (κ1) is 14.6. The maximum absolute atomic E-state index is 4.97. The highest BCUT2D eigenvalue weighted by Crippen LogP contribution is 2.35. The Labute approximate surface area is 131 Å². The predicted octanol–water partition coefficient (Wildman–Crippen LogP) is 5.03. The van der Waals surface area contributed by atoms with Gasteiger partial charge in [-0.05, 0) is 30.7 Å². The number of nitrogens with one attached hydrogen (secondary N) is 1. The lowest BCUT2D eigenvalue weighted by molar-refractivity contribution is 0.472. The third kappa shape index (κ3) is 3.00. The zero-order chi connectivity index (χ0) is 14.7. The molecule has 0 bridgehead atoms. The molecule has 0 fully saturated rings. The van der Waals surface area contributed by atoms with Gasteiger partial charge in [0.1, 0.15) is 5.82 Å². The summed E-state index contributed by atoms with van der Waals surface area (Å²) in [6, 6.07) is 7.07. The average Bonchev–Trinajstić information content (AvgIpc) is 3.17. The molecule has 4 heteroatoms. The molecule has 0 radical (unpaired) electrons. The molecule has 1 N–H and O–H groups in total. The molecule has 2 unspecified atom stereocenters. The third-order valence-corrected chi connectivity index (χ3v) is 5.44. The number of aromatic nitrogens is 2. The molecule has 2 aromatic rings. The molecular formula is C17H25N3S. The zero-order valence-corrected chi connectivity index (χ0v) is 13.8. The van der Waals surface area contributed by atoms with Crippen LogP contribution < -0.4 is 5.32 Å². The Balaban J connectivity index is 1.86. The van der Waals surface area contributed by atoms with Crippen LogP contribution in [0.5, 0.6) is 0 Å². The van der Waals surface area contributed by atoms with Crippen molar-refractivity contribution in [2.24, 2.45) is 0 Å². The fourth-order valence-electron chi connectivity index (χ4n) is 3.20. The Bertz CT molecular complexity index is 559. The molecule has 3 nitrogen and oxygen atoms in total. The molecule has 2 atom stereocenters. The lowest BCUT2D eigenvalue weighted by Crippen LogP contribution is -2.23. The normalized spacial score (nSPS) is 19.0. The van der Waals surface area contributed by atoms with E-state index in [-0.39, 0.29) is 0 Å². The molecule has 1 aliphatic heterocycles. The van der Waals surface area contributed by atoms with Crippen molar-refractivity contribution in [2.75, 3.05) is 11.9 Å². The van der Waals surface area contributed by atoms with Gasteiger partial charge >= 0.3 is 0 Å². The van der Waals surface area contributed by atoms with E-state index >= 15 is 0 Å². The predicted molar refractivity (Wildman–Crippen MR) is 90.3 cm³/mol. The summed E-state index contributed by atoms with van der Waals surface area (Å²) in [5, 5.41) is 10.7. The number of anilines is 1. The van der Waals surface area contributed by atoms with Gasteiger partial charge in [0.2, 0.25) is 0 Å². The summed E-state index contributed by atoms with van der Waals surface area (Å²) in [7, 11) is 0. The maximum atomic E-state index is 4.97. The number of thiophene rings is 1. The van der Waals surface area contributed by atoms with Crippen LogP contribution in [-0.2, 0) is 0 Å². The van der Waals surface area contributed by atoms with Gasteiger partial charge in [0.05, 0.1) is 11.7 Å². The minimum Gasteiger partial charge on any atom is -0.370 e. The van der Waals surface area contributed by atoms with Crippen molar-refractivity contribution in [3.63, 3.8) is 0 Å². The molecule has 0 amide bonds. The Kier molecular flexibility index (Phi) is 4.63. The van der Waals surface area contributed by atoms with Crippen molar-refractivity contribution in [3.05, 3.63) is 34.2 Å². The summed E-state index contributed by atoms with van der Waals surface area (Å²) in [6.45, 7) is 5.58. The quantitative estimate of drug-likeness (QED) is 0.810. The number of hydrogen-bond acceptors (Lipinski definition) is 3. The number of nitrogens with zero attached hydrogens (tertiary/aromatic N) is 2. The molecule has 0 spiro atoms. The van der Waals surface area contributed by atoms with Gasteiger partial charge in [-0.15, -0.1) is 11.3 Å². The number of hydrogen-bond donors (Lipinski definition) is 1. The van der Waals surface area contributed by atoms with Gasteiger partial charge in [0.15, 0.2) is 0 Å². The fourth-order valence-corrected chi connectivity index (χ4v) is 4.04. The molecule has 21 heavy (non-hydrogen) atoms. The van der Waals surface area contributed by atoms with E-state index in [0.717, 1.165) is 13.0 Å². The van der Waals surface area contributed by atoms with E-state index in [1.807, 2.05) is 11.3 Å². The molecule has 0 saturated heterocycles. The topological polar surface area (TPSA) is 29.9 Å². The van der Waals surface area contributed by atoms with E-state index < -0.39 is 0 Å². The number of rotatable bonds is 6. The standard InChI is InChI=1S/C17H25N3S/c1-3-5-7-13(4-2)14-12-17-18-10-9-15(20(17)19-14)16-8-6-11-21-16/h6,8,11-13,15,18H,3-5,7,9-10H2,1-2H3. The van der Waals surface area contributed by atoms with E-state index in [4.69, 9.17) is 5.10 Å². The van der Waals surface area contributed by atoms with Crippen LogP contribution in [0.2, 0.25) is 0 Å². The highest BCUT2D eigenvalue weighted by molar-refractivity contribution is 7.10. The van der Waals surface area contributed by atoms with Gasteiger partial charge in [-0.1, -0.05) is 32.8 Å². The van der Waals surface area contributed by atoms with E-state index in [2.05, 4.69) is 47.4 Å². The monoisotopic (exact) mass is 303 g/mol. The van der Waals surface area contributed by atoms with Crippen molar-refractivity contribution in [3.8, 4) is 0 Å². The second kappa shape index (κ2) is 6.65. The summed E-state index contributed by atoms with van der Waals surface area (Å²) in [6.07, 6.45) is 6.12. The highest BCUT2D eigenvalue weighted by Gasteiger charge is 2.25. The van der Waals surface area contributed by atoms with E-state index in [9.17, 15) is 0 Å². The van der Waals surface area contributed by atoms with Crippen LogP contribution in [0.4, 0.5) is 5.82 Å². The van der Waals surface area contributed by atoms with Gasteiger partial charge < -0.3 is 5.32 Å². The molecule has 2 aromatic heterocycles. The maximum Gasteiger partial charge on any atom is 0.125 e. The van der Waals surface area contributed by atoms with E-state index in [1.54, 1.807) is 0 Å². The van der Waals surface area contributed by atoms with Crippen LogP contribution in [0.3, 0.4) is 0 Å². The first-order valence-electron chi connectivity index (χ1n) is 8.20. The van der Waals surface area contributed by atoms with Gasteiger partial charge in [-0.2, -0.15) is 5.10 Å². The molecule has 0 aliphatic carbocycles. The third-order valence-electron chi connectivity index (χ3n) is 4.46. The molecule has 0 saturated carbocycles. The van der Waals surface area contributed by atoms with Crippen molar-refractivity contribution in [1.29, 1.82) is 0 Å². The van der Waals surface area contributed by atoms with Crippen LogP contribution >= 0.6 is 11.3 Å². The van der Waals surface area contributed by atoms with E-state index in [0.29, 0.717) is 12.0 Å². The lowest BCUT2D eigenvalue weighted by Gasteiger charge is -2.24. The van der Waals surface area contributed by atoms with Crippen molar-refractivity contribution in [1.82, 2.24) is 9.78 Å². The van der Waals surface area contributed by atoms with Crippen molar-refractivity contribution in [2.45, 2.75) is 57.9 Å². The summed E-state index contributed by atoms with van der Waals surface area (Å²) >= 11 is 1.84. The fraction of sp³-hybridized carbons (Fsp3) is 0.588. The van der Waals surface area contributed by atoms with Crippen LogP contribution in [0.15, 0.2) is 23.6 Å². The van der Waals surface area contributed by atoms with Gasteiger partial charge in [-0.25, -0.2) is 4.68 Å². The Hall–Kier alpha value is -1.29. The zero-order valence-electron chi connectivity index (χ0n) is 13.0. The first-order chi connectivity index (χ1) is 10.3. The second-order valence-corrected chi connectivity index (χ2v) is 6.87. The number of unbranched alkanes of at least 4 members (excludes halogenated alkanes) is 1. The van der Waals surface area contributed by atoms with Gasteiger partial charge in [0, 0.05) is 23.4 Å². The molecular weight excluding hydrogens is 278 g/mol. The largest absolute Gasteiger partial charge is 0.370 e. The summed E-state index contributed by atoms with van der Waals surface area (Å²) in [5.41, 5.74) is 1.27.